The highest BCUT2D eigenvalue weighted by Gasteiger charge is 2.46. The topological polar surface area (TPSA) is 87.9 Å². The Bertz CT molecular complexity index is 818. The molecule has 5 rings (SSSR count). The van der Waals surface area contributed by atoms with Crippen LogP contribution in [0.3, 0.4) is 0 Å². The van der Waals surface area contributed by atoms with E-state index in [9.17, 15) is 4.79 Å². The van der Waals surface area contributed by atoms with Crippen LogP contribution in [-0.2, 0) is 0 Å². The summed E-state index contributed by atoms with van der Waals surface area (Å²) in [7, 11) is 0. The lowest BCUT2D eigenvalue weighted by Crippen LogP contribution is -2.29. The van der Waals surface area contributed by atoms with Crippen molar-refractivity contribution in [2.45, 2.75) is 57.3 Å². The van der Waals surface area contributed by atoms with Gasteiger partial charge in [-0.05, 0) is 37.5 Å². The molecule has 3 heterocycles. The molecule has 2 aromatic heterocycles. The molecule has 7 heteroatoms. The minimum Gasteiger partial charge on any atom is -0.364 e. The molecule has 26 heavy (non-hydrogen) atoms. The molecule has 0 bridgehead atoms. The molecule has 1 N–H and O–H groups in total. The van der Waals surface area contributed by atoms with Gasteiger partial charge in [-0.1, -0.05) is 19.0 Å². The van der Waals surface area contributed by atoms with Crippen LogP contribution in [-0.4, -0.2) is 44.2 Å². The molecule has 0 radical (unpaired) electrons. The van der Waals surface area contributed by atoms with Crippen LogP contribution >= 0.6 is 0 Å². The first-order chi connectivity index (χ1) is 12.6. The van der Waals surface area contributed by atoms with Gasteiger partial charge in [0.05, 0.1) is 5.69 Å². The Hall–Kier alpha value is -2.18. The first-order valence-electron chi connectivity index (χ1n) is 9.77. The third-order valence-corrected chi connectivity index (χ3v) is 6.06. The number of carbonyl (C=O) groups excluding carboxylic acids is 1. The van der Waals surface area contributed by atoms with E-state index in [-0.39, 0.29) is 11.8 Å². The molecule has 2 saturated carbocycles. The van der Waals surface area contributed by atoms with Crippen molar-refractivity contribution in [3.05, 3.63) is 29.2 Å². The van der Waals surface area contributed by atoms with E-state index in [2.05, 4.69) is 29.2 Å². The van der Waals surface area contributed by atoms with Crippen molar-refractivity contribution in [1.82, 2.24) is 25.2 Å². The van der Waals surface area contributed by atoms with Gasteiger partial charge in [0.25, 0.3) is 5.91 Å². The number of H-pyrrole nitrogens is 1. The van der Waals surface area contributed by atoms with Gasteiger partial charge in [-0.15, -0.1) is 0 Å². The summed E-state index contributed by atoms with van der Waals surface area (Å²) in [6.07, 6.45) is 6.26. The second kappa shape index (κ2) is 5.93. The van der Waals surface area contributed by atoms with Crippen LogP contribution in [0.5, 0.6) is 0 Å². The summed E-state index contributed by atoms with van der Waals surface area (Å²) in [4.78, 5) is 19.8. The second-order valence-electron chi connectivity index (χ2n) is 8.44. The molecule has 0 unspecified atom stereocenters. The van der Waals surface area contributed by atoms with Gasteiger partial charge in [0, 0.05) is 30.8 Å². The number of nitrogens with one attached hydrogen (secondary N) is 1. The first-order valence-corrected chi connectivity index (χ1v) is 9.77. The lowest BCUT2D eigenvalue weighted by molar-refractivity contribution is 0.0783. The molecule has 2 aromatic rings. The molecule has 3 aliphatic rings. The number of hydrogen-bond donors (Lipinski definition) is 1. The Kier molecular flexibility index (Phi) is 3.65. The van der Waals surface area contributed by atoms with E-state index in [1.54, 1.807) is 0 Å². The van der Waals surface area contributed by atoms with Crippen LogP contribution in [0.1, 0.15) is 85.0 Å². The summed E-state index contributed by atoms with van der Waals surface area (Å²) >= 11 is 0. The monoisotopic (exact) mass is 355 g/mol. The van der Waals surface area contributed by atoms with Crippen LogP contribution in [0.4, 0.5) is 0 Å². The predicted octanol–water partition coefficient (Wildman–Crippen LogP) is 3.06. The average Bonchev–Trinajstić information content (AvgIpc) is 3.50. The van der Waals surface area contributed by atoms with Crippen molar-refractivity contribution in [2.75, 3.05) is 13.1 Å². The largest absolute Gasteiger partial charge is 0.364 e. The number of aromatic amines is 1. The van der Waals surface area contributed by atoms with E-state index in [1.807, 2.05) is 4.90 Å². The van der Waals surface area contributed by atoms with Crippen molar-refractivity contribution in [1.29, 1.82) is 0 Å². The van der Waals surface area contributed by atoms with Gasteiger partial charge in [-0.3, -0.25) is 9.89 Å². The number of carbonyl (C=O) groups is 1. The van der Waals surface area contributed by atoms with Crippen molar-refractivity contribution < 1.29 is 9.32 Å². The fourth-order valence-corrected chi connectivity index (χ4v) is 4.23. The molecular weight excluding hydrogens is 330 g/mol. The van der Waals surface area contributed by atoms with Gasteiger partial charge in [-0.25, -0.2) is 4.98 Å². The molecule has 7 nitrogen and oxygen atoms in total. The SMILES string of the molecule is CC(C)c1n[nH]c([C@H]2CN(C(=O)c3conc3C3CC3)C[C@@H]2C2CC2)n1. The maximum atomic E-state index is 13.1. The average molecular weight is 355 g/mol. The number of amides is 1. The third-order valence-electron chi connectivity index (χ3n) is 6.06. The molecule has 2 atom stereocenters. The lowest BCUT2D eigenvalue weighted by Gasteiger charge is -2.15. The van der Waals surface area contributed by atoms with Crippen LogP contribution in [0.15, 0.2) is 10.8 Å². The summed E-state index contributed by atoms with van der Waals surface area (Å²) in [6, 6.07) is 0. The van der Waals surface area contributed by atoms with Crippen LogP contribution in [0.25, 0.3) is 0 Å². The van der Waals surface area contributed by atoms with Crippen LogP contribution < -0.4 is 0 Å². The minimum absolute atomic E-state index is 0.0601. The fourth-order valence-electron chi connectivity index (χ4n) is 4.23. The molecule has 1 saturated heterocycles. The number of hydrogen-bond acceptors (Lipinski definition) is 5. The zero-order valence-electron chi connectivity index (χ0n) is 15.3. The van der Waals surface area contributed by atoms with Crippen molar-refractivity contribution >= 4 is 5.91 Å². The molecule has 1 amide bonds. The van der Waals surface area contributed by atoms with Gasteiger partial charge in [0.2, 0.25) is 0 Å². The van der Waals surface area contributed by atoms with Crippen molar-refractivity contribution in [3.8, 4) is 0 Å². The van der Waals surface area contributed by atoms with Gasteiger partial charge in [-0.2, -0.15) is 5.10 Å². The highest BCUT2D eigenvalue weighted by atomic mass is 16.5. The Morgan fingerprint density at radius 2 is 2.08 bits per heavy atom. The standard InChI is InChI=1S/C19H25N5O2/c1-10(2)17-20-18(22-21-17)14-8-24(7-13(14)11-3-4-11)19(25)15-9-26-23-16(15)12-5-6-12/h9-14H,3-8H2,1-2H3,(H,20,21,22)/t13-,14+/m1/s1. The quantitative estimate of drug-likeness (QED) is 0.890. The van der Waals surface area contributed by atoms with Gasteiger partial charge in [0.15, 0.2) is 5.82 Å². The van der Waals surface area contributed by atoms with E-state index in [4.69, 9.17) is 9.51 Å². The summed E-state index contributed by atoms with van der Waals surface area (Å²) in [5, 5.41) is 11.6. The van der Waals surface area contributed by atoms with Crippen LogP contribution in [0, 0.1) is 11.8 Å². The van der Waals surface area contributed by atoms with E-state index < -0.39 is 0 Å². The first kappa shape index (κ1) is 16.0. The number of likely N-dealkylation sites (tertiary alicyclic amines) is 1. The van der Waals surface area contributed by atoms with Crippen LogP contribution in [0.2, 0.25) is 0 Å². The highest BCUT2D eigenvalue weighted by molar-refractivity contribution is 5.95. The maximum absolute atomic E-state index is 13.1. The molecule has 138 valence electrons. The van der Waals surface area contributed by atoms with Crippen molar-refractivity contribution in [3.63, 3.8) is 0 Å². The van der Waals surface area contributed by atoms with E-state index >= 15 is 0 Å². The number of aromatic nitrogens is 4. The fraction of sp³-hybridized carbons (Fsp3) is 0.684. The number of rotatable bonds is 5. The highest BCUT2D eigenvalue weighted by Crippen LogP contribution is 2.48. The van der Waals surface area contributed by atoms with Gasteiger partial charge < -0.3 is 9.42 Å². The van der Waals surface area contributed by atoms with E-state index in [0.717, 1.165) is 36.7 Å². The van der Waals surface area contributed by atoms with Crippen molar-refractivity contribution in [2.24, 2.45) is 11.8 Å². The normalized spacial score (nSPS) is 26.0. The molecule has 0 spiro atoms. The third kappa shape index (κ3) is 2.73. The molecule has 0 aromatic carbocycles. The Labute approximate surface area is 152 Å². The van der Waals surface area contributed by atoms with Gasteiger partial charge in [0.1, 0.15) is 17.7 Å². The zero-order chi connectivity index (χ0) is 17.8. The molecule has 1 aliphatic heterocycles. The minimum atomic E-state index is 0.0601. The number of nitrogens with zero attached hydrogens (tertiary/aromatic N) is 4. The maximum Gasteiger partial charge on any atom is 0.259 e. The molecule has 2 aliphatic carbocycles. The summed E-state index contributed by atoms with van der Waals surface area (Å²) < 4.78 is 5.13. The smallest absolute Gasteiger partial charge is 0.259 e. The summed E-state index contributed by atoms with van der Waals surface area (Å²) in [5.74, 6) is 3.99. The van der Waals surface area contributed by atoms with E-state index in [1.165, 1.54) is 19.1 Å². The Morgan fingerprint density at radius 1 is 1.27 bits per heavy atom. The lowest BCUT2D eigenvalue weighted by atomic mass is 9.91. The van der Waals surface area contributed by atoms with Gasteiger partial charge >= 0.3 is 0 Å². The summed E-state index contributed by atoms with van der Waals surface area (Å²) in [5.41, 5.74) is 1.51. The second-order valence-corrected chi connectivity index (χ2v) is 8.44. The predicted molar refractivity (Wildman–Crippen MR) is 93.8 cm³/mol. The zero-order valence-corrected chi connectivity index (χ0v) is 15.3. The Morgan fingerprint density at radius 3 is 2.73 bits per heavy atom. The molecular formula is C19H25N5O2. The Balaban J connectivity index is 1.39. The van der Waals surface area contributed by atoms with E-state index in [0.29, 0.717) is 35.8 Å². The molecule has 3 fully saturated rings. The summed E-state index contributed by atoms with van der Waals surface area (Å²) in [6.45, 7) is 5.69.